The van der Waals surface area contributed by atoms with E-state index in [0.717, 1.165) is 5.56 Å². The Morgan fingerprint density at radius 2 is 1.92 bits per heavy atom. The maximum Gasteiger partial charge on any atom is 0.248 e. The van der Waals surface area contributed by atoms with Gasteiger partial charge in [0.05, 0.1) is 14.2 Å². The van der Waals surface area contributed by atoms with Gasteiger partial charge in [0.15, 0.2) is 11.5 Å². The van der Waals surface area contributed by atoms with Crippen molar-refractivity contribution >= 4 is 17.7 Å². The molecule has 2 aromatic carbocycles. The average Bonchev–Trinajstić information content (AvgIpc) is 2.64. The summed E-state index contributed by atoms with van der Waals surface area (Å²) in [7, 11) is 3.15. The van der Waals surface area contributed by atoms with Gasteiger partial charge in [0.1, 0.15) is 12.4 Å². The Bertz CT molecular complexity index is 768. The summed E-state index contributed by atoms with van der Waals surface area (Å²) in [4.78, 5) is 12.1. The maximum atomic E-state index is 12.1. The fraction of sp³-hybridized carbons (Fsp3) is 0.150. The van der Waals surface area contributed by atoms with Crippen LogP contribution in [0.2, 0.25) is 0 Å². The van der Waals surface area contributed by atoms with E-state index in [1.54, 1.807) is 50.6 Å². The Hall–Kier alpha value is -3.21. The number of carbonyl (C=O) groups is 1. The minimum Gasteiger partial charge on any atom is -0.493 e. The minimum atomic E-state index is -0.240. The molecule has 0 atom stereocenters. The first-order valence-corrected chi connectivity index (χ1v) is 7.71. The van der Waals surface area contributed by atoms with Crippen LogP contribution in [-0.4, -0.2) is 26.7 Å². The van der Waals surface area contributed by atoms with Gasteiger partial charge in [-0.25, -0.2) is 0 Å². The quantitative estimate of drug-likeness (QED) is 0.585. The molecule has 130 valence electrons. The van der Waals surface area contributed by atoms with Crippen molar-refractivity contribution in [2.75, 3.05) is 26.1 Å². The van der Waals surface area contributed by atoms with E-state index in [1.165, 1.54) is 6.08 Å². The van der Waals surface area contributed by atoms with E-state index in [0.29, 0.717) is 29.5 Å². The largest absolute Gasteiger partial charge is 0.493 e. The molecule has 0 unspecified atom stereocenters. The van der Waals surface area contributed by atoms with E-state index in [-0.39, 0.29) is 5.91 Å². The first kappa shape index (κ1) is 18.1. The Balaban J connectivity index is 2.02. The van der Waals surface area contributed by atoms with Crippen LogP contribution in [0.5, 0.6) is 17.2 Å². The summed E-state index contributed by atoms with van der Waals surface area (Å²) in [6.45, 7) is 4.02. The highest BCUT2D eigenvalue weighted by atomic mass is 16.5. The number of hydrogen-bond acceptors (Lipinski definition) is 4. The van der Waals surface area contributed by atoms with Gasteiger partial charge in [-0.15, -0.1) is 0 Å². The number of amides is 1. The molecule has 0 heterocycles. The average molecular weight is 339 g/mol. The number of ether oxygens (including phenoxy) is 3. The van der Waals surface area contributed by atoms with Crippen LogP contribution < -0.4 is 19.5 Å². The standard InChI is InChI=1S/C20H21NO4/c1-4-12-25-17-7-5-6-16(14-17)21-20(22)11-9-15-8-10-18(23-2)19(13-15)24-3/h4-11,13-14H,1,12H2,2-3H3,(H,21,22)/b11-9+. The fourth-order valence-corrected chi connectivity index (χ4v) is 2.13. The van der Waals surface area contributed by atoms with Gasteiger partial charge >= 0.3 is 0 Å². The number of benzene rings is 2. The lowest BCUT2D eigenvalue weighted by Gasteiger charge is -2.08. The highest BCUT2D eigenvalue weighted by Crippen LogP contribution is 2.28. The van der Waals surface area contributed by atoms with E-state index < -0.39 is 0 Å². The van der Waals surface area contributed by atoms with E-state index in [2.05, 4.69) is 11.9 Å². The molecular formula is C20H21NO4. The molecule has 5 heteroatoms. The van der Waals surface area contributed by atoms with E-state index >= 15 is 0 Å². The summed E-state index contributed by atoms with van der Waals surface area (Å²) >= 11 is 0. The van der Waals surface area contributed by atoms with Gasteiger partial charge in [0.2, 0.25) is 5.91 Å². The maximum absolute atomic E-state index is 12.1. The zero-order chi connectivity index (χ0) is 18.1. The molecule has 25 heavy (non-hydrogen) atoms. The van der Waals surface area contributed by atoms with Crippen molar-refractivity contribution in [2.45, 2.75) is 0 Å². The molecule has 0 spiro atoms. The second-order valence-corrected chi connectivity index (χ2v) is 5.06. The van der Waals surface area contributed by atoms with Crippen molar-refractivity contribution in [3.05, 3.63) is 66.8 Å². The molecule has 0 bridgehead atoms. The summed E-state index contributed by atoms with van der Waals surface area (Å²) in [6, 6.07) is 12.6. The van der Waals surface area contributed by atoms with Gasteiger partial charge in [-0.05, 0) is 35.9 Å². The zero-order valence-electron chi connectivity index (χ0n) is 14.3. The van der Waals surface area contributed by atoms with E-state index in [9.17, 15) is 4.79 Å². The van der Waals surface area contributed by atoms with Gasteiger partial charge in [-0.3, -0.25) is 4.79 Å². The molecule has 0 aromatic heterocycles. The monoisotopic (exact) mass is 339 g/mol. The van der Waals surface area contributed by atoms with E-state index in [4.69, 9.17) is 14.2 Å². The summed E-state index contributed by atoms with van der Waals surface area (Å²) in [5, 5.41) is 2.79. The third-order valence-corrected chi connectivity index (χ3v) is 3.30. The highest BCUT2D eigenvalue weighted by Gasteiger charge is 2.04. The third kappa shape index (κ3) is 5.42. The fourth-order valence-electron chi connectivity index (χ4n) is 2.13. The summed E-state index contributed by atoms with van der Waals surface area (Å²) < 4.78 is 15.9. The molecule has 0 saturated heterocycles. The molecule has 0 saturated carbocycles. The lowest BCUT2D eigenvalue weighted by Crippen LogP contribution is -2.07. The van der Waals surface area contributed by atoms with Crippen molar-refractivity contribution < 1.29 is 19.0 Å². The molecule has 1 amide bonds. The molecule has 0 fully saturated rings. The zero-order valence-corrected chi connectivity index (χ0v) is 14.3. The molecule has 2 aromatic rings. The van der Waals surface area contributed by atoms with Crippen molar-refractivity contribution in [2.24, 2.45) is 0 Å². The van der Waals surface area contributed by atoms with Crippen LogP contribution >= 0.6 is 0 Å². The van der Waals surface area contributed by atoms with Crippen molar-refractivity contribution in [3.63, 3.8) is 0 Å². The number of anilines is 1. The van der Waals surface area contributed by atoms with Gasteiger partial charge in [0.25, 0.3) is 0 Å². The van der Waals surface area contributed by atoms with Crippen LogP contribution in [-0.2, 0) is 4.79 Å². The number of nitrogens with one attached hydrogen (secondary N) is 1. The third-order valence-electron chi connectivity index (χ3n) is 3.30. The Morgan fingerprint density at radius 3 is 2.64 bits per heavy atom. The predicted molar refractivity (Wildman–Crippen MR) is 99.3 cm³/mol. The van der Waals surface area contributed by atoms with Gasteiger partial charge < -0.3 is 19.5 Å². The lowest BCUT2D eigenvalue weighted by molar-refractivity contribution is -0.111. The summed E-state index contributed by atoms with van der Waals surface area (Å²) in [5.41, 5.74) is 1.49. The predicted octanol–water partition coefficient (Wildman–Crippen LogP) is 3.92. The van der Waals surface area contributed by atoms with Crippen LogP contribution in [0.3, 0.4) is 0 Å². The summed E-state index contributed by atoms with van der Waals surface area (Å²) in [5.74, 6) is 1.68. The Morgan fingerprint density at radius 1 is 1.12 bits per heavy atom. The molecule has 0 aliphatic rings. The normalized spacial score (nSPS) is 10.3. The SMILES string of the molecule is C=CCOc1cccc(NC(=O)/C=C/c2ccc(OC)c(OC)c2)c1. The smallest absolute Gasteiger partial charge is 0.248 e. The Labute approximate surface area is 147 Å². The topological polar surface area (TPSA) is 56.8 Å². The minimum absolute atomic E-state index is 0.240. The first-order chi connectivity index (χ1) is 12.2. The van der Waals surface area contributed by atoms with Crippen LogP contribution in [0.25, 0.3) is 6.08 Å². The van der Waals surface area contributed by atoms with Crippen molar-refractivity contribution in [1.82, 2.24) is 0 Å². The van der Waals surface area contributed by atoms with Crippen molar-refractivity contribution in [3.8, 4) is 17.2 Å². The lowest BCUT2D eigenvalue weighted by atomic mass is 10.2. The molecule has 1 N–H and O–H groups in total. The molecular weight excluding hydrogens is 318 g/mol. The molecule has 5 nitrogen and oxygen atoms in total. The number of methoxy groups -OCH3 is 2. The van der Waals surface area contributed by atoms with Crippen LogP contribution in [0.4, 0.5) is 5.69 Å². The molecule has 0 aliphatic heterocycles. The number of rotatable bonds is 8. The Kier molecular flexibility index (Phi) is 6.65. The second kappa shape index (κ2) is 9.17. The molecule has 0 aliphatic carbocycles. The van der Waals surface area contributed by atoms with Gasteiger partial charge in [0, 0.05) is 17.8 Å². The first-order valence-electron chi connectivity index (χ1n) is 7.71. The highest BCUT2D eigenvalue weighted by molar-refractivity contribution is 6.02. The summed E-state index contributed by atoms with van der Waals surface area (Å²) in [6.07, 6.45) is 4.82. The van der Waals surface area contributed by atoms with E-state index in [1.807, 2.05) is 18.2 Å². The van der Waals surface area contributed by atoms with Gasteiger partial charge in [-0.2, -0.15) is 0 Å². The number of hydrogen-bond donors (Lipinski definition) is 1. The van der Waals surface area contributed by atoms with Crippen LogP contribution in [0.15, 0.2) is 61.2 Å². The second-order valence-electron chi connectivity index (χ2n) is 5.06. The molecule has 0 radical (unpaired) electrons. The van der Waals surface area contributed by atoms with Crippen LogP contribution in [0.1, 0.15) is 5.56 Å². The van der Waals surface area contributed by atoms with Crippen molar-refractivity contribution in [1.29, 1.82) is 0 Å². The van der Waals surface area contributed by atoms with Gasteiger partial charge in [-0.1, -0.05) is 24.8 Å². The molecule has 2 rings (SSSR count). The van der Waals surface area contributed by atoms with Crippen LogP contribution in [0, 0.1) is 0 Å². The number of carbonyl (C=O) groups excluding carboxylic acids is 1.